The highest BCUT2D eigenvalue weighted by molar-refractivity contribution is 5.79. The average molecular weight is 547 g/mol. The average Bonchev–Trinajstić information content (AvgIpc) is 2.88. The minimum Gasteiger partial charge on any atom is -0.469 e. The van der Waals surface area contributed by atoms with Gasteiger partial charge in [-0.25, -0.2) is 0 Å². The van der Waals surface area contributed by atoms with Crippen molar-refractivity contribution in [3.05, 3.63) is 11.6 Å². The molecular formula is C32H50O7. The molecule has 0 heterocycles. The fourth-order valence-electron chi connectivity index (χ4n) is 11.3. The van der Waals surface area contributed by atoms with Gasteiger partial charge in [-0.15, -0.1) is 0 Å². The van der Waals surface area contributed by atoms with Gasteiger partial charge in [0, 0.05) is 5.92 Å². The third-order valence-corrected chi connectivity index (χ3v) is 13.9. The van der Waals surface area contributed by atoms with Gasteiger partial charge in [0.25, 0.3) is 0 Å². The second-order valence-electron chi connectivity index (χ2n) is 15.0. The molecule has 12 atom stereocenters. The van der Waals surface area contributed by atoms with E-state index in [9.17, 15) is 24.9 Å². The molecule has 220 valence electrons. The molecular weight excluding hydrogens is 496 g/mol. The second kappa shape index (κ2) is 8.78. The van der Waals surface area contributed by atoms with Crippen LogP contribution >= 0.6 is 0 Å². The maximum absolute atomic E-state index is 13.5. The van der Waals surface area contributed by atoms with Crippen molar-refractivity contribution in [2.45, 2.75) is 111 Å². The smallest absolute Gasteiger partial charge is 0.314 e. The molecule has 5 aliphatic carbocycles. The molecule has 7 nitrogen and oxygen atoms in total. The Bertz CT molecular complexity index is 1080. The van der Waals surface area contributed by atoms with E-state index in [0.717, 1.165) is 38.5 Å². The summed E-state index contributed by atoms with van der Waals surface area (Å²) in [4.78, 5) is 26.7. The summed E-state index contributed by atoms with van der Waals surface area (Å²) in [5.41, 5.74) is -2.62. The van der Waals surface area contributed by atoms with Crippen LogP contribution in [0, 0.1) is 50.7 Å². The standard InChI is InChI=1S/C32H50O7/c1-18-11-14-32(26(36)39-8)16-15-28(3)19(23(32)31(18,6)37)9-10-21-27(2)17-20(33)24(34)30(5,25(35)38-7)22(27)12-13-29(21,28)4/h9,18,20-24,33-34,37H,10-17H2,1-8H3/t18-,20-,21-,22-,23-,24+,27-,28-,29-,30+,31-,32+/m1/s1. The van der Waals surface area contributed by atoms with Crippen molar-refractivity contribution in [2.75, 3.05) is 14.2 Å². The maximum Gasteiger partial charge on any atom is 0.314 e. The van der Waals surface area contributed by atoms with Gasteiger partial charge in [-0.05, 0) is 99.2 Å². The van der Waals surface area contributed by atoms with E-state index < -0.39 is 40.0 Å². The van der Waals surface area contributed by atoms with Crippen LogP contribution in [0.1, 0.15) is 92.9 Å². The van der Waals surface area contributed by atoms with Crippen LogP contribution in [0.5, 0.6) is 0 Å². The first-order valence-electron chi connectivity index (χ1n) is 15.0. The lowest BCUT2D eigenvalue weighted by molar-refractivity contribution is -0.244. The lowest BCUT2D eigenvalue weighted by atomic mass is 9.33. The lowest BCUT2D eigenvalue weighted by Crippen LogP contribution is -2.70. The van der Waals surface area contributed by atoms with Gasteiger partial charge in [0.05, 0.1) is 42.9 Å². The van der Waals surface area contributed by atoms with Crippen LogP contribution in [0.2, 0.25) is 0 Å². The molecule has 0 aromatic carbocycles. The van der Waals surface area contributed by atoms with Crippen LogP contribution in [-0.4, -0.2) is 59.3 Å². The molecule has 39 heavy (non-hydrogen) atoms. The van der Waals surface area contributed by atoms with Gasteiger partial charge in [0.1, 0.15) is 0 Å². The molecule has 5 rings (SSSR count). The van der Waals surface area contributed by atoms with Gasteiger partial charge in [0.15, 0.2) is 0 Å². The van der Waals surface area contributed by atoms with Gasteiger partial charge in [-0.1, -0.05) is 39.3 Å². The third-order valence-electron chi connectivity index (χ3n) is 13.9. The first-order valence-corrected chi connectivity index (χ1v) is 15.0. The highest BCUT2D eigenvalue weighted by Crippen LogP contribution is 2.76. The molecule has 0 aromatic heterocycles. The van der Waals surface area contributed by atoms with Crippen LogP contribution < -0.4 is 0 Å². The minimum absolute atomic E-state index is 0.0538. The van der Waals surface area contributed by atoms with E-state index >= 15 is 0 Å². The van der Waals surface area contributed by atoms with Gasteiger partial charge < -0.3 is 24.8 Å². The van der Waals surface area contributed by atoms with Crippen molar-refractivity contribution in [2.24, 2.45) is 50.7 Å². The van der Waals surface area contributed by atoms with Crippen molar-refractivity contribution in [3.8, 4) is 0 Å². The quantitative estimate of drug-likeness (QED) is 0.347. The van der Waals surface area contributed by atoms with Crippen molar-refractivity contribution < 1.29 is 34.4 Å². The van der Waals surface area contributed by atoms with Crippen LogP contribution in [0.3, 0.4) is 0 Å². The van der Waals surface area contributed by atoms with E-state index in [1.807, 2.05) is 6.92 Å². The molecule has 4 fully saturated rings. The Morgan fingerprint density at radius 3 is 2.15 bits per heavy atom. The van der Waals surface area contributed by atoms with Crippen molar-refractivity contribution in [1.29, 1.82) is 0 Å². The number of ether oxygens (including phenoxy) is 2. The van der Waals surface area contributed by atoms with Crippen molar-refractivity contribution >= 4 is 11.9 Å². The highest BCUT2D eigenvalue weighted by atomic mass is 16.5. The fraction of sp³-hybridized carbons (Fsp3) is 0.875. The zero-order valence-electron chi connectivity index (χ0n) is 25.2. The zero-order valence-corrected chi connectivity index (χ0v) is 25.2. The number of methoxy groups -OCH3 is 2. The van der Waals surface area contributed by atoms with Gasteiger partial charge in [0.2, 0.25) is 0 Å². The molecule has 0 unspecified atom stereocenters. The van der Waals surface area contributed by atoms with E-state index in [0.29, 0.717) is 12.8 Å². The number of hydrogen-bond acceptors (Lipinski definition) is 7. The normalized spacial score (nSPS) is 54.7. The summed E-state index contributed by atoms with van der Waals surface area (Å²) in [7, 11) is 2.82. The molecule has 4 saturated carbocycles. The largest absolute Gasteiger partial charge is 0.469 e. The third kappa shape index (κ3) is 3.33. The topological polar surface area (TPSA) is 113 Å². The zero-order chi connectivity index (χ0) is 29.0. The minimum atomic E-state index is -1.19. The van der Waals surface area contributed by atoms with Crippen LogP contribution in [0.4, 0.5) is 0 Å². The summed E-state index contributed by atoms with van der Waals surface area (Å²) in [5.74, 6) is -0.910. The lowest BCUT2D eigenvalue weighted by Gasteiger charge is -2.71. The Morgan fingerprint density at radius 1 is 0.897 bits per heavy atom. The Morgan fingerprint density at radius 2 is 1.54 bits per heavy atom. The molecule has 0 radical (unpaired) electrons. The molecule has 0 saturated heterocycles. The number of hydrogen-bond donors (Lipinski definition) is 3. The van der Waals surface area contributed by atoms with E-state index in [1.165, 1.54) is 19.8 Å². The number of esters is 2. The number of carbonyl (C=O) groups excluding carboxylic acids is 2. The summed E-state index contributed by atoms with van der Waals surface area (Å²) in [6.07, 6.45) is 5.87. The molecule has 0 spiro atoms. The van der Waals surface area contributed by atoms with E-state index in [-0.39, 0.29) is 40.5 Å². The Balaban J connectivity index is 1.65. The predicted octanol–water partition coefficient (Wildman–Crippen LogP) is 4.42. The molecule has 0 aromatic rings. The molecule has 5 aliphatic rings. The molecule has 3 N–H and O–H groups in total. The van der Waals surface area contributed by atoms with E-state index in [1.54, 1.807) is 6.92 Å². The molecule has 7 heteroatoms. The Kier molecular flexibility index (Phi) is 6.54. The molecule has 0 amide bonds. The second-order valence-corrected chi connectivity index (χ2v) is 15.0. The summed E-state index contributed by atoms with van der Waals surface area (Å²) < 4.78 is 10.6. The number of allylic oxidation sites excluding steroid dienone is 1. The summed E-state index contributed by atoms with van der Waals surface area (Å²) >= 11 is 0. The predicted molar refractivity (Wildman–Crippen MR) is 146 cm³/mol. The fourth-order valence-corrected chi connectivity index (χ4v) is 11.3. The van der Waals surface area contributed by atoms with Crippen LogP contribution in [0.15, 0.2) is 11.6 Å². The number of carbonyl (C=O) groups is 2. The number of aliphatic hydroxyl groups is 3. The first-order chi connectivity index (χ1) is 18.0. The highest BCUT2D eigenvalue weighted by Gasteiger charge is 2.73. The maximum atomic E-state index is 13.5. The van der Waals surface area contributed by atoms with Crippen LogP contribution in [-0.2, 0) is 19.1 Å². The SMILES string of the molecule is COC(=O)[C@]12CC[C@@H](C)[C@@](C)(O)[C@H]1C1=CC[C@@H]3[C@@]4(C)C[C@@H](O)[C@H](O)[C@@](C)(C(=O)OC)[C@@H]4CC[C@@]3(C)[C@]1(C)CC2. The summed E-state index contributed by atoms with van der Waals surface area (Å²) in [5, 5.41) is 34.4. The molecule has 0 aliphatic heterocycles. The molecule has 0 bridgehead atoms. The van der Waals surface area contributed by atoms with Gasteiger partial charge in [-0.2, -0.15) is 0 Å². The first kappa shape index (κ1) is 29.1. The Hall–Kier alpha value is -1.44. The van der Waals surface area contributed by atoms with Crippen molar-refractivity contribution in [3.63, 3.8) is 0 Å². The summed E-state index contributed by atoms with van der Waals surface area (Å²) in [6.45, 7) is 12.7. The van der Waals surface area contributed by atoms with Gasteiger partial charge >= 0.3 is 11.9 Å². The van der Waals surface area contributed by atoms with E-state index in [2.05, 4.69) is 33.8 Å². The van der Waals surface area contributed by atoms with E-state index in [4.69, 9.17) is 9.47 Å². The van der Waals surface area contributed by atoms with Crippen molar-refractivity contribution in [1.82, 2.24) is 0 Å². The number of rotatable bonds is 2. The number of fused-ring (bicyclic) bond motifs is 7. The summed E-state index contributed by atoms with van der Waals surface area (Å²) in [6, 6.07) is 0. The monoisotopic (exact) mass is 546 g/mol. The number of aliphatic hydroxyl groups excluding tert-OH is 2. The Labute approximate surface area is 233 Å². The van der Waals surface area contributed by atoms with Crippen LogP contribution in [0.25, 0.3) is 0 Å². The van der Waals surface area contributed by atoms with Gasteiger partial charge in [-0.3, -0.25) is 9.59 Å².